The topological polar surface area (TPSA) is 140 Å². The summed E-state index contributed by atoms with van der Waals surface area (Å²) in [5.41, 5.74) is 4.61. The summed E-state index contributed by atoms with van der Waals surface area (Å²) in [6.45, 7) is -1.07. The molecule has 0 aliphatic carbocycles. The summed E-state index contributed by atoms with van der Waals surface area (Å²) in [4.78, 5) is 26.2. The summed E-state index contributed by atoms with van der Waals surface area (Å²) >= 11 is 0. The van der Waals surface area contributed by atoms with Gasteiger partial charge in [0.1, 0.15) is 18.1 Å². The van der Waals surface area contributed by atoms with Crippen LogP contribution in [0.15, 0.2) is 11.0 Å². The lowest BCUT2D eigenvalue weighted by molar-refractivity contribution is -0.173. The van der Waals surface area contributed by atoms with Crippen molar-refractivity contribution in [2.24, 2.45) is 0 Å². The van der Waals surface area contributed by atoms with E-state index < -0.39 is 49.4 Å². The van der Waals surface area contributed by atoms with Gasteiger partial charge in [-0.25, -0.2) is 4.79 Å². The number of hydrogen-bond donors (Lipinski definition) is 4. The standard InChI is InChI=1S/C12H15F3N4O5/c13-12(14,15)10(22)17-2-5-3-19(11(23)18-9(5)16)8-1-6(21)7(4-20)24-8/h3,6-8,20-21H,1-2,4H2,(H,17,22)(H2,16,18,23). The number of nitrogens with two attached hydrogens (primary N) is 1. The van der Waals surface area contributed by atoms with Crippen molar-refractivity contribution in [1.82, 2.24) is 14.9 Å². The molecule has 24 heavy (non-hydrogen) atoms. The normalized spacial score (nSPS) is 24.1. The number of ether oxygens (including phenoxy) is 1. The number of carbonyl (C=O) groups excluding carboxylic acids is 1. The van der Waals surface area contributed by atoms with Crippen LogP contribution in [0.3, 0.4) is 0 Å². The van der Waals surface area contributed by atoms with Crippen LogP contribution in [0, 0.1) is 0 Å². The molecule has 0 saturated carbocycles. The van der Waals surface area contributed by atoms with Crippen LogP contribution < -0.4 is 16.7 Å². The molecule has 1 aliphatic heterocycles. The Labute approximate surface area is 132 Å². The van der Waals surface area contributed by atoms with Crippen LogP contribution in [0.5, 0.6) is 0 Å². The van der Waals surface area contributed by atoms with Crippen molar-refractivity contribution in [3.8, 4) is 0 Å². The van der Waals surface area contributed by atoms with Gasteiger partial charge in [0.25, 0.3) is 0 Å². The summed E-state index contributed by atoms with van der Waals surface area (Å²) in [6, 6.07) is 0. The summed E-state index contributed by atoms with van der Waals surface area (Å²) in [5, 5.41) is 20.3. The van der Waals surface area contributed by atoms with Crippen molar-refractivity contribution in [3.63, 3.8) is 0 Å². The fourth-order valence-corrected chi connectivity index (χ4v) is 2.19. The average Bonchev–Trinajstić information content (AvgIpc) is 2.85. The van der Waals surface area contributed by atoms with Crippen molar-refractivity contribution < 1.29 is 32.9 Å². The first-order valence-electron chi connectivity index (χ1n) is 6.80. The van der Waals surface area contributed by atoms with Crippen LogP contribution in [-0.2, 0) is 16.1 Å². The van der Waals surface area contributed by atoms with Gasteiger partial charge in [-0.15, -0.1) is 0 Å². The first-order chi connectivity index (χ1) is 11.1. The lowest BCUT2D eigenvalue weighted by atomic mass is 10.2. The van der Waals surface area contributed by atoms with Gasteiger partial charge in [-0.2, -0.15) is 18.2 Å². The van der Waals surface area contributed by atoms with E-state index in [4.69, 9.17) is 15.6 Å². The molecule has 1 aromatic rings. The zero-order chi connectivity index (χ0) is 18.1. The molecule has 0 aromatic carbocycles. The summed E-state index contributed by atoms with van der Waals surface area (Å²) in [7, 11) is 0. The molecule has 0 spiro atoms. The highest BCUT2D eigenvalue weighted by molar-refractivity contribution is 5.81. The zero-order valence-electron chi connectivity index (χ0n) is 12.2. The fraction of sp³-hybridized carbons (Fsp3) is 0.583. The van der Waals surface area contributed by atoms with Crippen LogP contribution in [0.4, 0.5) is 19.0 Å². The van der Waals surface area contributed by atoms with Crippen LogP contribution in [0.1, 0.15) is 18.2 Å². The van der Waals surface area contributed by atoms with Gasteiger partial charge in [0.2, 0.25) is 0 Å². The SMILES string of the molecule is Nc1nc(=O)n(C2CC(O)C(CO)O2)cc1CNC(=O)C(F)(F)F. The van der Waals surface area contributed by atoms with Crippen LogP contribution in [0.2, 0.25) is 0 Å². The first-order valence-corrected chi connectivity index (χ1v) is 6.80. The molecule has 9 nitrogen and oxygen atoms in total. The maximum absolute atomic E-state index is 12.2. The number of aromatic nitrogens is 2. The van der Waals surface area contributed by atoms with Crippen LogP contribution in [-0.4, -0.2) is 50.7 Å². The Bertz CT molecular complexity index is 678. The second-order valence-electron chi connectivity index (χ2n) is 5.14. The molecule has 1 aromatic heterocycles. The maximum atomic E-state index is 12.2. The minimum absolute atomic E-state index is 0.0227. The Morgan fingerprint density at radius 3 is 2.75 bits per heavy atom. The monoisotopic (exact) mass is 352 g/mol. The Morgan fingerprint density at radius 1 is 1.54 bits per heavy atom. The van der Waals surface area contributed by atoms with Crippen molar-refractivity contribution in [2.75, 3.05) is 12.3 Å². The van der Waals surface area contributed by atoms with E-state index in [1.165, 1.54) is 0 Å². The molecule has 1 fully saturated rings. The highest BCUT2D eigenvalue weighted by Crippen LogP contribution is 2.27. The number of nitrogens with one attached hydrogen (secondary N) is 1. The zero-order valence-corrected chi connectivity index (χ0v) is 12.2. The van der Waals surface area contributed by atoms with Gasteiger partial charge in [-0.3, -0.25) is 9.36 Å². The Morgan fingerprint density at radius 2 is 2.21 bits per heavy atom. The third kappa shape index (κ3) is 3.83. The van der Waals surface area contributed by atoms with Crippen LogP contribution in [0.25, 0.3) is 0 Å². The molecule has 5 N–H and O–H groups in total. The lowest BCUT2D eigenvalue weighted by Crippen LogP contribution is -2.37. The van der Waals surface area contributed by atoms with E-state index in [1.54, 1.807) is 5.32 Å². The largest absolute Gasteiger partial charge is 0.471 e. The Kier molecular flexibility index (Phi) is 5.11. The summed E-state index contributed by atoms with van der Waals surface area (Å²) in [6.07, 6.45) is -6.85. The molecule has 134 valence electrons. The molecule has 1 saturated heterocycles. The van der Waals surface area contributed by atoms with E-state index in [2.05, 4.69) is 4.98 Å². The van der Waals surface area contributed by atoms with E-state index in [1.807, 2.05) is 0 Å². The number of halogens is 3. The predicted octanol–water partition coefficient (Wildman–Crippen LogP) is -1.36. The quantitative estimate of drug-likeness (QED) is 0.525. The first kappa shape index (κ1) is 18.2. The van der Waals surface area contributed by atoms with Gasteiger partial charge in [-0.1, -0.05) is 0 Å². The van der Waals surface area contributed by atoms with Crippen molar-refractivity contribution in [3.05, 3.63) is 22.2 Å². The Hall–Kier alpha value is -2.18. The molecule has 0 bridgehead atoms. The number of rotatable bonds is 4. The van der Waals surface area contributed by atoms with Crippen molar-refractivity contribution in [2.45, 2.75) is 37.6 Å². The third-order valence-electron chi connectivity index (χ3n) is 3.45. The number of hydrogen-bond acceptors (Lipinski definition) is 7. The molecule has 1 amide bonds. The number of alkyl halides is 3. The molecule has 3 atom stereocenters. The second kappa shape index (κ2) is 6.75. The van der Waals surface area contributed by atoms with E-state index >= 15 is 0 Å². The number of anilines is 1. The summed E-state index contributed by atoms with van der Waals surface area (Å²) in [5.74, 6) is -2.50. The maximum Gasteiger partial charge on any atom is 0.471 e. The van der Waals surface area contributed by atoms with Gasteiger partial charge in [0.15, 0.2) is 0 Å². The number of aliphatic hydroxyl groups excluding tert-OH is 2. The van der Waals surface area contributed by atoms with Crippen molar-refractivity contribution in [1.29, 1.82) is 0 Å². The summed E-state index contributed by atoms with van der Waals surface area (Å²) < 4.78 is 42.8. The Balaban J connectivity index is 2.20. The van der Waals surface area contributed by atoms with E-state index in [0.29, 0.717) is 0 Å². The number of nitrogen functional groups attached to an aromatic ring is 1. The van der Waals surface area contributed by atoms with E-state index in [9.17, 15) is 27.9 Å². The molecule has 2 rings (SSSR count). The lowest BCUT2D eigenvalue weighted by Gasteiger charge is -2.16. The van der Waals surface area contributed by atoms with Gasteiger partial charge < -0.3 is 26.0 Å². The minimum atomic E-state index is -5.05. The second-order valence-corrected chi connectivity index (χ2v) is 5.14. The molecule has 3 unspecified atom stereocenters. The third-order valence-corrected chi connectivity index (χ3v) is 3.45. The van der Waals surface area contributed by atoms with E-state index in [-0.39, 0.29) is 17.8 Å². The van der Waals surface area contributed by atoms with Crippen LogP contribution >= 0.6 is 0 Å². The molecule has 12 heteroatoms. The molecular weight excluding hydrogens is 337 g/mol. The molecule has 0 radical (unpaired) electrons. The fourth-order valence-electron chi connectivity index (χ4n) is 2.19. The number of aliphatic hydroxyl groups is 2. The highest BCUT2D eigenvalue weighted by Gasteiger charge is 2.38. The number of amides is 1. The number of nitrogens with zero attached hydrogens (tertiary/aromatic N) is 2. The smallest absolute Gasteiger partial charge is 0.394 e. The van der Waals surface area contributed by atoms with Gasteiger partial charge in [0, 0.05) is 24.7 Å². The predicted molar refractivity (Wildman–Crippen MR) is 72.4 cm³/mol. The van der Waals surface area contributed by atoms with Gasteiger partial charge in [-0.05, 0) is 0 Å². The molecular formula is C12H15F3N4O5. The minimum Gasteiger partial charge on any atom is -0.394 e. The highest BCUT2D eigenvalue weighted by atomic mass is 19.4. The van der Waals surface area contributed by atoms with Gasteiger partial charge >= 0.3 is 17.8 Å². The molecule has 1 aliphatic rings. The molecule has 2 heterocycles. The van der Waals surface area contributed by atoms with E-state index in [0.717, 1.165) is 10.8 Å². The van der Waals surface area contributed by atoms with Crippen molar-refractivity contribution >= 4 is 11.7 Å². The average molecular weight is 352 g/mol. The van der Waals surface area contributed by atoms with Gasteiger partial charge in [0.05, 0.1) is 12.7 Å². The number of carbonyl (C=O) groups is 1.